The van der Waals surface area contributed by atoms with E-state index in [9.17, 15) is 17.1 Å². The minimum atomic E-state index is -5.16. The van der Waals surface area contributed by atoms with Crippen LogP contribution < -0.4 is 8.92 Å². The molecule has 2 fully saturated rings. The third kappa shape index (κ3) is 1.92. The first-order chi connectivity index (χ1) is 11.8. The molecule has 2 aliphatic carbocycles. The van der Waals surface area contributed by atoms with E-state index in [1.165, 1.54) is 6.07 Å². The van der Waals surface area contributed by atoms with Gasteiger partial charge in [0.05, 0.1) is 0 Å². The van der Waals surface area contributed by atoms with Crippen LogP contribution >= 0.6 is 0 Å². The molecule has 0 N–H and O–H groups in total. The highest BCUT2D eigenvalue weighted by molar-refractivity contribution is 7.81. The smallest absolute Gasteiger partial charge is 0.477 e. The summed E-state index contributed by atoms with van der Waals surface area (Å²) >= 11 is 0. The van der Waals surface area contributed by atoms with E-state index in [0.29, 0.717) is 12.5 Å². The van der Waals surface area contributed by atoms with Gasteiger partial charge in [-0.3, -0.25) is 4.79 Å². The van der Waals surface area contributed by atoms with Crippen molar-refractivity contribution in [2.45, 2.75) is 43.2 Å². The average Bonchev–Trinajstić information content (AvgIpc) is 2.88. The summed E-state index contributed by atoms with van der Waals surface area (Å²) < 4.78 is 45.6. The van der Waals surface area contributed by atoms with Crippen molar-refractivity contribution < 1.29 is 26.0 Å². The number of rotatable bonds is 2. The molecule has 1 aromatic carbocycles. The average molecular weight is 367 g/mol. The number of hydrogen-bond acceptors (Lipinski definition) is 6. The molecule has 8 heteroatoms. The van der Waals surface area contributed by atoms with Crippen molar-refractivity contribution in [1.82, 2.24) is 4.90 Å². The summed E-state index contributed by atoms with van der Waals surface area (Å²) in [5.41, 5.74) is 1.49. The zero-order valence-corrected chi connectivity index (χ0v) is 14.5. The van der Waals surface area contributed by atoms with Crippen molar-refractivity contribution in [2.24, 2.45) is 5.92 Å². The molecule has 25 heavy (non-hydrogen) atoms. The van der Waals surface area contributed by atoms with E-state index in [1.807, 2.05) is 0 Å². The molecule has 0 unspecified atom stereocenters. The summed E-state index contributed by atoms with van der Waals surface area (Å²) in [4.78, 5) is 15.0. The number of carbonyl (C=O) groups is 1. The summed E-state index contributed by atoms with van der Waals surface area (Å²) in [6.07, 6.45) is 2.23. The maximum absolute atomic E-state index is 13.1. The molecule has 2 bridgehead atoms. The second-order valence-electron chi connectivity index (χ2n) is 7.56. The zero-order valence-electron chi connectivity index (χ0n) is 13.7. The number of benzene rings is 1. The Balaban J connectivity index is 1.76. The van der Waals surface area contributed by atoms with Crippen molar-refractivity contribution in [3.05, 3.63) is 23.3 Å². The molecule has 0 radical (unpaired) electrons. The predicted octanol–water partition coefficient (Wildman–Crippen LogP) is 1.52. The van der Waals surface area contributed by atoms with Crippen LogP contribution in [-0.2, 0) is 27.1 Å². The largest absolute Gasteiger partial charge is 0.488 e. The number of likely N-dealkylation sites (tertiary alicyclic amines) is 1. The lowest BCUT2D eigenvalue weighted by molar-refractivity contribution is -0.138. The predicted molar refractivity (Wildman–Crippen MR) is 85.7 cm³/mol. The molecule has 134 valence electrons. The van der Waals surface area contributed by atoms with Crippen molar-refractivity contribution in [2.75, 3.05) is 13.6 Å². The van der Waals surface area contributed by atoms with Gasteiger partial charge in [-0.1, -0.05) is 9.95 Å². The number of ether oxygens (including phenoxy) is 1. The van der Waals surface area contributed by atoms with Gasteiger partial charge in [0.15, 0.2) is 23.4 Å². The molecular weight excluding hydrogens is 349 g/mol. The van der Waals surface area contributed by atoms with Gasteiger partial charge < -0.3 is 13.8 Å². The maximum atomic E-state index is 13.1. The summed E-state index contributed by atoms with van der Waals surface area (Å²) in [7, 11) is -3.05. The lowest BCUT2D eigenvalue weighted by Crippen LogP contribution is -2.65. The summed E-state index contributed by atoms with van der Waals surface area (Å²) in [6.45, 7) is 0.847. The van der Waals surface area contributed by atoms with Gasteiger partial charge in [0.1, 0.15) is 0 Å². The molecule has 0 aromatic heterocycles. The van der Waals surface area contributed by atoms with Crippen LogP contribution in [0.1, 0.15) is 30.4 Å². The van der Waals surface area contributed by atoms with Crippen molar-refractivity contribution in [3.63, 3.8) is 0 Å². The number of Topliss-reactive ketones (excluding diaryl/α,β-unsaturated/α-hetero) is 1. The molecule has 1 saturated carbocycles. The van der Waals surface area contributed by atoms with Crippen molar-refractivity contribution in [1.29, 1.82) is 0 Å². The van der Waals surface area contributed by atoms with Gasteiger partial charge in [0.25, 0.3) is 0 Å². The summed E-state index contributed by atoms with van der Waals surface area (Å²) in [6, 6.07) is 3.55. The third-order valence-electron chi connectivity index (χ3n) is 6.56. The molecule has 2 heterocycles. The zero-order chi connectivity index (χ0) is 17.6. The van der Waals surface area contributed by atoms with E-state index in [4.69, 9.17) is 4.74 Å². The quantitative estimate of drug-likeness (QED) is 0.738. The highest BCUT2D eigenvalue weighted by Gasteiger charge is 2.65. The van der Waals surface area contributed by atoms with E-state index in [2.05, 4.69) is 16.1 Å². The standard InChI is InChI=1S/C17H18FNO5S/c1-19-7-6-17-10-3-4-12(20)16(17)23-15-13(24-25(18,21)22)5-2-9(14(15)17)8-11(10)19/h2,5,10-11,16H,3-4,6-8H2,1H3/t10-,11+,16-,17-/m0/s1. The summed E-state index contributed by atoms with van der Waals surface area (Å²) in [5.74, 6) is 0.401. The SMILES string of the molecule is CN1CC[C@]23c4c5ccc(OS(=O)(=O)F)c4O[C@H]2C(=O)CC[C@H]3[C@H]1C5. The van der Waals surface area contributed by atoms with Gasteiger partial charge in [-0.15, -0.1) is 0 Å². The van der Waals surface area contributed by atoms with Crippen LogP contribution in [0.4, 0.5) is 3.89 Å². The molecule has 1 aromatic rings. The Morgan fingerprint density at radius 2 is 2.20 bits per heavy atom. The second kappa shape index (κ2) is 4.73. The molecule has 0 amide bonds. The number of likely N-dealkylation sites (N-methyl/N-ethyl adjacent to an activating group) is 1. The number of ketones is 1. The van der Waals surface area contributed by atoms with Crippen molar-refractivity contribution in [3.8, 4) is 11.5 Å². The monoisotopic (exact) mass is 367 g/mol. The fourth-order valence-electron chi connectivity index (χ4n) is 5.68. The van der Waals surface area contributed by atoms with Crippen LogP contribution in [0.15, 0.2) is 12.1 Å². The molecule has 4 atom stereocenters. The molecule has 6 nitrogen and oxygen atoms in total. The number of nitrogens with zero attached hydrogens (tertiary/aromatic N) is 1. The van der Waals surface area contributed by atoms with Crippen LogP contribution in [0.5, 0.6) is 11.5 Å². The lowest BCUT2D eigenvalue weighted by Gasteiger charge is -2.57. The Hall–Kier alpha value is -1.67. The highest BCUT2D eigenvalue weighted by atomic mass is 32.3. The second-order valence-corrected chi connectivity index (χ2v) is 8.51. The fraction of sp³-hybridized carbons (Fsp3) is 0.588. The van der Waals surface area contributed by atoms with Crippen LogP contribution in [0.2, 0.25) is 0 Å². The first kappa shape index (κ1) is 15.6. The Bertz CT molecular complexity index is 901. The Morgan fingerprint density at radius 3 is 2.96 bits per heavy atom. The minimum Gasteiger partial charge on any atom is -0.477 e. The molecule has 5 rings (SSSR count). The van der Waals surface area contributed by atoms with Gasteiger partial charge in [-0.2, -0.15) is 8.42 Å². The van der Waals surface area contributed by atoms with Gasteiger partial charge in [0.2, 0.25) is 0 Å². The normalized spacial score (nSPS) is 35.9. The molecule has 4 aliphatic rings. The van der Waals surface area contributed by atoms with Gasteiger partial charge in [-0.25, -0.2) is 0 Å². The molecule has 1 spiro atoms. The molecule has 1 saturated heterocycles. The van der Waals surface area contributed by atoms with Crippen LogP contribution in [-0.4, -0.2) is 44.8 Å². The van der Waals surface area contributed by atoms with E-state index in [-0.39, 0.29) is 23.2 Å². The number of halogens is 1. The number of carbonyl (C=O) groups excluding carboxylic acids is 1. The number of hydrogen-bond donors (Lipinski definition) is 0. The van der Waals surface area contributed by atoms with E-state index in [0.717, 1.165) is 36.9 Å². The van der Waals surface area contributed by atoms with E-state index in [1.54, 1.807) is 6.07 Å². The van der Waals surface area contributed by atoms with Gasteiger partial charge >= 0.3 is 10.5 Å². The molecular formula is C17H18FNO5S. The minimum absolute atomic E-state index is 0.0395. The lowest BCUT2D eigenvalue weighted by atomic mass is 9.52. The summed E-state index contributed by atoms with van der Waals surface area (Å²) in [5, 5.41) is 0. The van der Waals surface area contributed by atoms with Crippen LogP contribution in [0.3, 0.4) is 0 Å². The van der Waals surface area contributed by atoms with Crippen LogP contribution in [0, 0.1) is 5.92 Å². The van der Waals surface area contributed by atoms with Gasteiger partial charge in [0, 0.05) is 23.4 Å². The Morgan fingerprint density at radius 1 is 1.40 bits per heavy atom. The van der Waals surface area contributed by atoms with E-state index >= 15 is 0 Å². The first-order valence-electron chi connectivity index (χ1n) is 8.51. The third-order valence-corrected chi connectivity index (χ3v) is 6.94. The Labute approximate surface area is 145 Å². The Kier molecular flexibility index (Phi) is 2.95. The van der Waals surface area contributed by atoms with Crippen molar-refractivity contribution >= 4 is 16.3 Å². The highest BCUT2D eigenvalue weighted by Crippen LogP contribution is 2.63. The molecule has 2 aliphatic heterocycles. The van der Waals surface area contributed by atoms with E-state index < -0.39 is 22.0 Å². The van der Waals surface area contributed by atoms with Crippen LogP contribution in [0.25, 0.3) is 0 Å². The number of piperidine rings is 1. The topological polar surface area (TPSA) is 72.9 Å². The fourth-order valence-corrected chi connectivity index (χ4v) is 6.03. The van der Waals surface area contributed by atoms with Gasteiger partial charge in [-0.05, 0) is 50.4 Å². The first-order valence-corrected chi connectivity index (χ1v) is 9.82. The maximum Gasteiger partial charge on any atom is 0.488 e.